The summed E-state index contributed by atoms with van der Waals surface area (Å²) in [5, 5.41) is 3.64. The molecule has 1 saturated carbocycles. The van der Waals surface area contributed by atoms with Gasteiger partial charge in [0.2, 0.25) is 0 Å². The highest BCUT2D eigenvalue weighted by Crippen LogP contribution is 2.58. The molecular formula is C13H21NS. The van der Waals surface area contributed by atoms with Crippen molar-refractivity contribution in [2.45, 2.75) is 40.2 Å². The van der Waals surface area contributed by atoms with Gasteiger partial charge in [0.15, 0.2) is 0 Å². The summed E-state index contributed by atoms with van der Waals surface area (Å²) >= 11 is 1.94. The Hall–Kier alpha value is -0.340. The summed E-state index contributed by atoms with van der Waals surface area (Å²) in [7, 11) is 0. The Balaban J connectivity index is 2.14. The van der Waals surface area contributed by atoms with E-state index in [1.165, 1.54) is 16.2 Å². The molecule has 0 saturated heterocycles. The van der Waals surface area contributed by atoms with Gasteiger partial charge in [-0.15, -0.1) is 11.3 Å². The van der Waals surface area contributed by atoms with Crippen molar-refractivity contribution in [2.24, 2.45) is 11.3 Å². The molecule has 2 rings (SSSR count). The smallest absolute Gasteiger partial charge is 0.0448 e. The van der Waals surface area contributed by atoms with Crippen molar-refractivity contribution in [1.82, 2.24) is 5.32 Å². The first-order chi connectivity index (χ1) is 7.04. The lowest BCUT2D eigenvalue weighted by Crippen LogP contribution is -2.23. The molecule has 0 aliphatic heterocycles. The summed E-state index contributed by atoms with van der Waals surface area (Å²) in [6, 6.07) is 5.12. The molecule has 84 valence electrons. The maximum absolute atomic E-state index is 3.64. The quantitative estimate of drug-likeness (QED) is 0.819. The van der Waals surface area contributed by atoms with E-state index in [0.717, 1.165) is 12.5 Å². The van der Waals surface area contributed by atoms with Crippen molar-refractivity contribution in [2.75, 3.05) is 6.54 Å². The number of rotatable bonds is 4. The first-order valence-corrected chi connectivity index (χ1v) is 6.66. The van der Waals surface area contributed by atoms with Crippen molar-refractivity contribution in [3.63, 3.8) is 0 Å². The van der Waals surface area contributed by atoms with Gasteiger partial charge < -0.3 is 5.32 Å². The van der Waals surface area contributed by atoms with Crippen molar-refractivity contribution in [1.29, 1.82) is 0 Å². The third kappa shape index (κ3) is 2.26. The number of hydrogen-bond acceptors (Lipinski definition) is 2. The highest BCUT2D eigenvalue weighted by molar-refractivity contribution is 7.12. The molecular weight excluding hydrogens is 202 g/mol. The van der Waals surface area contributed by atoms with Gasteiger partial charge in [-0.1, -0.05) is 20.8 Å². The fourth-order valence-electron chi connectivity index (χ4n) is 2.36. The second-order valence-corrected chi connectivity index (χ2v) is 6.60. The van der Waals surface area contributed by atoms with Gasteiger partial charge in [-0.3, -0.25) is 0 Å². The van der Waals surface area contributed by atoms with Gasteiger partial charge in [0.05, 0.1) is 0 Å². The predicted molar refractivity (Wildman–Crippen MR) is 67.4 cm³/mol. The zero-order valence-corrected chi connectivity index (χ0v) is 10.9. The van der Waals surface area contributed by atoms with Crippen molar-refractivity contribution in [3.05, 3.63) is 21.9 Å². The number of hydrogen-bond donors (Lipinski definition) is 1. The lowest BCUT2D eigenvalue weighted by molar-refractivity contribution is 0.428. The van der Waals surface area contributed by atoms with Gasteiger partial charge in [-0.05, 0) is 43.4 Å². The van der Waals surface area contributed by atoms with Crippen LogP contribution in [0.15, 0.2) is 12.1 Å². The van der Waals surface area contributed by atoms with Crippen LogP contribution in [0.3, 0.4) is 0 Å². The molecule has 0 bridgehead atoms. The molecule has 1 aromatic heterocycles. The topological polar surface area (TPSA) is 12.0 Å². The summed E-state index contributed by atoms with van der Waals surface area (Å²) in [5.41, 5.74) is 0.546. The van der Waals surface area contributed by atoms with Crippen LogP contribution in [-0.2, 0) is 0 Å². The van der Waals surface area contributed by atoms with E-state index in [-0.39, 0.29) is 0 Å². The molecule has 2 unspecified atom stereocenters. The molecule has 1 aromatic rings. The predicted octanol–water partition coefficient (Wildman–Crippen LogP) is 3.75. The first-order valence-electron chi connectivity index (χ1n) is 5.84. The molecule has 1 aliphatic carbocycles. The van der Waals surface area contributed by atoms with Gasteiger partial charge in [-0.25, -0.2) is 0 Å². The van der Waals surface area contributed by atoms with Gasteiger partial charge in [0.25, 0.3) is 0 Å². The Kier molecular flexibility index (Phi) is 2.91. The number of aryl methyl sites for hydroxylation is 1. The van der Waals surface area contributed by atoms with Gasteiger partial charge in [0, 0.05) is 15.8 Å². The summed E-state index contributed by atoms with van der Waals surface area (Å²) in [5.74, 6) is 0.829. The van der Waals surface area contributed by atoms with Crippen LogP contribution in [0.4, 0.5) is 0 Å². The summed E-state index contributed by atoms with van der Waals surface area (Å²) < 4.78 is 0. The first kappa shape index (κ1) is 11.2. The molecule has 2 heteroatoms. The minimum atomic E-state index is 0.546. The number of nitrogens with one attached hydrogen (secondary N) is 1. The summed E-state index contributed by atoms with van der Waals surface area (Å²) in [6.07, 6.45) is 1.36. The standard InChI is InChI=1S/C13H21NS/c1-5-14-12(10-8-13(10,3)4)11-7-6-9(2)15-11/h6-7,10,12,14H,5,8H2,1-4H3. The Bertz CT molecular complexity index is 340. The van der Waals surface area contributed by atoms with Crippen LogP contribution >= 0.6 is 11.3 Å². The van der Waals surface area contributed by atoms with E-state index in [4.69, 9.17) is 0 Å². The van der Waals surface area contributed by atoms with Gasteiger partial charge >= 0.3 is 0 Å². The van der Waals surface area contributed by atoms with E-state index in [9.17, 15) is 0 Å². The van der Waals surface area contributed by atoms with Crippen LogP contribution in [0.1, 0.15) is 43.0 Å². The minimum absolute atomic E-state index is 0.546. The van der Waals surface area contributed by atoms with Crippen LogP contribution < -0.4 is 5.32 Å². The average Bonchev–Trinajstić information content (AvgIpc) is 2.59. The maximum Gasteiger partial charge on any atom is 0.0448 e. The third-order valence-electron chi connectivity index (χ3n) is 3.48. The molecule has 1 aliphatic rings. The van der Waals surface area contributed by atoms with E-state index in [1.54, 1.807) is 0 Å². The van der Waals surface area contributed by atoms with Crippen molar-refractivity contribution >= 4 is 11.3 Å². The largest absolute Gasteiger partial charge is 0.309 e. The van der Waals surface area contributed by atoms with Crippen LogP contribution in [0.2, 0.25) is 0 Å². The molecule has 0 radical (unpaired) electrons. The van der Waals surface area contributed by atoms with Crippen LogP contribution in [0.25, 0.3) is 0 Å². The highest BCUT2D eigenvalue weighted by Gasteiger charge is 2.50. The van der Waals surface area contributed by atoms with E-state index in [1.807, 2.05) is 11.3 Å². The molecule has 0 amide bonds. The van der Waals surface area contributed by atoms with Gasteiger partial charge in [0.1, 0.15) is 0 Å². The Morgan fingerprint density at radius 3 is 2.60 bits per heavy atom. The molecule has 2 atom stereocenters. The normalized spacial score (nSPS) is 25.2. The molecule has 0 spiro atoms. The van der Waals surface area contributed by atoms with E-state index < -0.39 is 0 Å². The van der Waals surface area contributed by atoms with E-state index in [2.05, 4.69) is 45.1 Å². The molecule has 0 aromatic carbocycles. The zero-order valence-electron chi connectivity index (χ0n) is 10.1. The second kappa shape index (κ2) is 3.91. The SMILES string of the molecule is CCNC(c1ccc(C)s1)C1CC1(C)C. The molecule has 1 heterocycles. The van der Waals surface area contributed by atoms with Crippen LogP contribution in [-0.4, -0.2) is 6.54 Å². The average molecular weight is 223 g/mol. The Morgan fingerprint density at radius 1 is 1.53 bits per heavy atom. The lowest BCUT2D eigenvalue weighted by Gasteiger charge is -2.18. The van der Waals surface area contributed by atoms with E-state index >= 15 is 0 Å². The van der Waals surface area contributed by atoms with Gasteiger partial charge in [-0.2, -0.15) is 0 Å². The molecule has 1 fully saturated rings. The van der Waals surface area contributed by atoms with Crippen molar-refractivity contribution in [3.8, 4) is 0 Å². The summed E-state index contributed by atoms with van der Waals surface area (Å²) in [4.78, 5) is 2.94. The molecule has 1 N–H and O–H groups in total. The molecule has 15 heavy (non-hydrogen) atoms. The third-order valence-corrected chi connectivity index (χ3v) is 4.57. The zero-order chi connectivity index (χ0) is 11.1. The minimum Gasteiger partial charge on any atom is -0.309 e. The second-order valence-electron chi connectivity index (χ2n) is 5.28. The van der Waals surface area contributed by atoms with E-state index in [0.29, 0.717) is 11.5 Å². The summed E-state index contributed by atoms with van der Waals surface area (Å²) in [6.45, 7) is 10.2. The fourth-order valence-corrected chi connectivity index (χ4v) is 3.38. The maximum atomic E-state index is 3.64. The lowest BCUT2D eigenvalue weighted by atomic mass is 10.0. The Labute approximate surface area is 96.9 Å². The van der Waals surface area contributed by atoms with Crippen LogP contribution in [0, 0.1) is 18.3 Å². The van der Waals surface area contributed by atoms with Crippen molar-refractivity contribution < 1.29 is 0 Å². The monoisotopic (exact) mass is 223 g/mol. The number of thiophene rings is 1. The van der Waals surface area contributed by atoms with Crippen LogP contribution in [0.5, 0.6) is 0 Å². The highest BCUT2D eigenvalue weighted by atomic mass is 32.1. The Morgan fingerprint density at radius 2 is 2.20 bits per heavy atom. The fraction of sp³-hybridized carbons (Fsp3) is 0.692. The molecule has 1 nitrogen and oxygen atoms in total.